The molecule has 1 fully saturated rings. The second-order valence-corrected chi connectivity index (χ2v) is 9.31. The second-order valence-electron chi connectivity index (χ2n) is 8.26. The van der Waals surface area contributed by atoms with Gasteiger partial charge in [-0.1, -0.05) is 51.2 Å². The van der Waals surface area contributed by atoms with Gasteiger partial charge in [-0.25, -0.2) is 9.18 Å². The zero-order valence-corrected chi connectivity index (χ0v) is 17.8. The van der Waals surface area contributed by atoms with Crippen molar-refractivity contribution >= 4 is 23.0 Å². The van der Waals surface area contributed by atoms with Gasteiger partial charge in [0, 0.05) is 17.5 Å². The molecule has 2 aromatic rings. The average Bonchev–Trinajstić information content (AvgIpc) is 3.12. The number of hydrogen-bond acceptors (Lipinski definition) is 3. The number of aromatic carboxylic acids is 1. The van der Waals surface area contributed by atoms with Gasteiger partial charge >= 0.3 is 5.97 Å². The number of carboxylic acid groups (broad SMARTS) is 1. The van der Waals surface area contributed by atoms with Crippen LogP contribution in [0.4, 0.5) is 10.1 Å². The molecule has 1 N–H and O–H groups in total. The lowest BCUT2D eigenvalue weighted by atomic mass is 9.80. The highest BCUT2D eigenvalue weighted by atomic mass is 32.1. The molecule has 0 aliphatic heterocycles. The molecular weight excluding hydrogens is 373 g/mol. The monoisotopic (exact) mass is 403 g/mol. The number of nitrogens with zero attached hydrogens (tertiary/aromatic N) is 1. The molecule has 0 bridgehead atoms. The van der Waals surface area contributed by atoms with E-state index in [-0.39, 0.29) is 11.9 Å². The van der Waals surface area contributed by atoms with Crippen molar-refractivity contribution in [3.8, 4) is 10.4 Å². The molecule has 1 aliphatic rings. The molecule has 0 radical (unpaired) electrons. The van der Waals surface area contributed by atoms with E-state index in [1.807, 2.05) is 6.07 Å². The number of hydrogen-bond donors (Lipinski definition) is 1. The third-order valence-corrected chi connectivity index (χ3v) is 7.07. The Morgan fingerprint density at radius 1 is 1.18 bits per heavy atom. The van der Waals surface area contributed by atoms with E-state index in [2.05, 4.69) is 25.7 Å². The number of halogens is 1. The van der Waals surface area contributed by atoms with E-state index in [0.29, 0.717) is 10.8 Å². The quantitative estimate of drug-likeness (QED) is 0.560. The predicted octanol–water partition coefficient (Wildman–Crippen LogP) is 6.68. The maximum Gasteiger partial charge on any atom is 0.348 e. The molecule has 0 amide bonds. The summed E-state index contributed by atoms with van der Waals surface area (Å²) in [7, 11) is 0. The fraction of sp³-hybridized carbons (Fsp3) is 0.522. The highest BCUT2D eigenvalue weighted by Crippen LogP contribution is 2.39. The Bertz CT molecular complexity index is 793. The summed E-state index contributed by atoms with van der Waals surface area (Å²) in [4.78, 5) is 15.4. The molecule has 1 aromatic carbocycles. The van der Waals surface area contributed by atoms with Crippen molar-refractivity contribution in [3.63, 3.8) is 0 Å². The van der Waals surface area contributed by atoms with Crippen molar-refractivity contribution in [2.45, 2.75) is 58.9 Å². The first kappa shape index (κ1) is 20.8. The first-order valence-electron chi connectivity index (χ1n) is 10.3. The van der Waals surface area contributed by atoms with Crippen LogP contribution >= 0.6 is 11.3 Å². The van der Waals surface area contributed by atoms with Crippen molar-refractivity contribution in [3.05, 3.63) is 41.0 Å². The number of benzene rings is 1. The summed E-state index contributed by atoms with van der Waals surface area (Å²) < 4.78 is 13.3. The minimum absolute atomic E-state index is 0.208. The molecule has 3 nitrogen and oxygen atoms in total. The third-order valence-electron chi connectivity index (χ3n) is 5.91. The number of carbonyl (C=O) groups is 1. The van der Waals surface area contributed by atoms with Crippen molar-refractivity contribution < 1.29 is 14.3 Å². The Kier molecular flexibility index (Phi) is 6.76. The van der Waals surface area contributed by atoms with E-state index in [1.54, 1.807) is 12.1 Å². The fourth-order valence-electron chi connectivity index (χ4n) is 4.25. The Balaban J connectivity index is 1.90. The smallest absolute Gasteiger partial charge is 0.348 e. The van der Waals surface area contributed by atoms with Gasteiger partial charge < -0.3 is 10.0 Å². The van der Waals surface area contributed by atoms with Gasteiger partial charge in [0.25, 0.3) is 0 Å². The minimum Gasteiger partial charge on any atom is -0.477 e. The van der Waals surface area contributed by atoms with Gasteiger partial charge in [-0.15, -0.1) is 11.3 Å². The van der Waals surface area contributed by atoms with E-state index in [1.165, 1.54) is 55.6 Å². The van der Waals surface area contributed by atoms with Gasteiger partial charge in [0.1, 0.15) is 10.7 Å². The van der Waals surface area contributed by atoms with E-state index >= 15 is 0 Å². The largest absolute Gasteiger partial charge is 0.477 e. The highest BCUT2D eigenvalue weighted by Gasteiger charge is 2.27. The molecular formula is C23H30FNO2S. The van der Waals surface area contributed by atoms with E-state index in [0.717, 1.165) is 28.6 Å². The standard InChI is InChI=1S/C23H30FNO2S/c1-15(2)25(14-16(3)17-7-5-4-6-8-17)20-13-21(28-22(20)23(26)27)18-9-11-19(24)12-10-18/h9-13,15-17H,4-8,14H2,1-3H3,(H,26,27). The summed E-state index contributed by atoms with van der Waals surface area (Å²) in [6, 6.07) is 8.43. The first-order valence-corrected chi connectivity index (χ1v) is 11.1. The van der Waals surface area contributed by atoms with Crippen LogP contribution < -0.4 is 4.90 Å². The van der Waals surface area contributed by atoms with E-state index in [4.69, 9.17) is 0 Å². The first-order chi connectivity index (χ1) is 13.4. The zero-order chi connectivity index (χ0) is 20.3. The van der Waals surface area contributed by atoms with Crippen LogP contribution in [0.1, 0.15) is 62.5 Å². The number of carboxylic acids is 1. The van der Waals surface area contributed by atoms with E-state index < -0.39 is 5.97 Å². The normalized spacial score (nSPS) is 16.3. The summed E-state index contributed by atoms with van der Waals surface area (Å²) >= 11 is 1.27. The lowest BCUT2D eigenvalue weighted by molar-refractivity contribution is 0.0702. The molecule has 1 unspecified atom stereocenters. The van der Waals surface area contributed by atoms with Crippen LogP contribution in [0, 0.1) is 17.7 Å². The highest BCUT2D eigenvalue weighted by molar-refractivity contribution is 7.18. The van der Waals surface area contributed by atoms with Gasteiger partial charge in [-0.3, -0.25) is 0 Å². The molecule has 3 rings (SSSR count). The molecule has 1 aromatic heterocycles. The van der Waals surface area contributed by atoms with Crippen LogP contribution in [0.3, 0.4) is 0 Å². The third kappa shape index (κ3) is 4.75. The van der Waals surface area contributed by atoms with Gasteiger partial charge in [0.05, 0.1) is 5.69 Å². The molecule has 28 heavy (non-hydrogen) atoms. The summed E-state index contributed by atoms with van der Waals surface area (Å²) in [6.07, 6.45) is 6.52. The number of rotatable bonds is 7. The number of anilines is 1. The molecule has 1 aliphatic carbocycles. The molecule has 1 heterocycles. The van der Waals surface area contributed by atoms with Crippen molar-refractivity contribution in [1.29, 1.82) is 0 Å². The Hall–Kier alpha value is -1.88. The topological polar surface area (TPSA) is 40.5 Å². The molecule has 5 heteroatoms. The summed E-state index contributed by atoms with van der Waals surface area (Å²) in [6.45, 7) is 7.41. The zero-order valence-electron chi connectivity index (χ0n) is 17.0. The van der Waals surface area contributed by atoms with Crippen LogP contribution in [0.15, 0.2) is 30.3 Å². The Morgan fingerprint density at radius 3 is 2.39 bits per heavy atom. The molecule has 0 saturated heterocycles. The molecule has 0 spiro atoms. The fourth-order valence-corrected chi connectivity index (χ4v) is 5.27. The van der Waals surface area contributed by atoms with E-state index in [9.17, 15) is 14.3 Å². The lowest BCUT2D eigenvalue weighted by Gasteiger charge is -2.35. The van der Waals surface area contributed by atoms with Gasteiger partial charge in [0.2, 0.25) is 0 Å². The Morgan fingerprint density at radius 2 is 1.82 bits per heavy atom. The van der Waals surface area contributed by atoms with Crippen molar-refractivity contribution in [2.75, 3.05) is 11.4 Å². The predicted molar refractivity (Wildman–Crippen MR) is 115 cm³/mol. The average molecular weight is 404 g/mol. The van der Waals surface area contributed by atoms with Crippen molar-refractivity contribution in [1.82, 2.24) is 0 Å². The van der Waals surface area contributed by atoms with Crippen LogP contribution in [0.2, 0.25) is 0 Å². The van der Waals surface area contributed by atoms with Crippen LogP contribution in [0.25, 0.3) is 10.4 Å². The van der Waals surface area contributed by atoms with Crippen LogP contribution in [0.5, 0.6) is 0 Å². The second kappa shape index (κ2) is 9.08. The maximum absolute atomic E-state index is 13.3. The molecule has 1 atom stereocenters. The molecule has 152 valence electrons. The minimum atomic E-state index is -0.899. The van der Waals surface area contributed by atoms with Gasteiger partial charge in [-0.05, 0) is 49.4 Å². The van der Waals surface area contributed by atoms with Gasteiger partial charge in [-0.2, -0.15) is 0 Å². The van der Waals surface area contributed by atoms with Crippen LogP contribution in [-0.4, -0.2) is 23.7 Å². The summed E-state index contributed by atoms with van der Waals surface area (Å²) in [5, 5.41) is 9.81. The van der Waals surface area contributed by atoms with Crippen LogP contribution in [-0.2, 0) is 0 Å². The van der Waals surface area contributed by atoms with Crippen molar-refractivity contribution in [2.24, 2.45) is 11.8 Å². The van der Waals surface area contributed by atoms with Gasteiger partial charge in [0.15, 0.2) is 0 Å². The number of thiophene rings is 1. The summed E-state index contributed by atoms with van der Waals surface area (Å²) in [5.41, 5.74) is 1.64. The Labute approximate surface area is 171 Å². The summed E-state index contributed by atoms with van der Waals surface area (Å²) in [5.74, 6) is 0.0606. The molecule has 1 saturated carbocycles. The SMILES string of the molecule is CC(CN(c1cc(-c2ccc(F)cc2)sc1C(=O)O)C(C)C)C1CCCCC1. The maximum atomic E-state index is 13.3. The lowest BCUT2D eigenvalue weighted by Crippen LogP contribution is -2.37.